The fraction of sp³-hybridized carbons (Fsp3) is 0.364. The van der Waals surface area contributed by atoms with Crippen molar-refractivity contribution in [1.29, 1.82) is 0 Å². The molecule has 0 aliphatic rings. The maximum Gasteiger partial charge on any atom is 0.199 e. The Morgan fingerprint density at radius 1 is 1.17 bits per heavy atom. The lowest BCUT2D eigenvalue weighted by Crippen LogP contribution is -2.18. The average Bonchev–Trinajstić information content (AvgIpc) is 3.07. The lowest BCUT2D eigenvalue weighted by molar-refractivity contribution is 0.101. The normalized spacial score (nSPS) is 13.4. The third-order valence-electron chi connectivity index (χ3n) is 4.62. The molecule has 1 aromatic carbocycles. The highest BCUT2D eigenvalue weighted by Gasteiger charge is 2.23. The summed E-state index contributed by atoms with van der Waals surface area (Å²) in [5, 5.41) is 3.76. The summed E-state index contributed by atoms with van der Waals surface area (Å²) >= 11 is 0. The summed E-state index contributed by atoms with van der Waals surface area (Å²) in [6, 6.07) is 10.2. The molecule has 2 aromatic heterocycles. The van der Waals surface area contributed by atoms with Crippen molar-refractivity contribution in [1.82, 2.24) is 14.5 Å². The molecular formula is C22H27FN4O2S. The van der Waals surface area contributed by atoms with E-state index in [-0.39, 0.29) is 18.0 Å². The van der Waals surface area contributed by atoms with Gasteiger partial charge in [0.2, 0.25) is 0 Å². The van der Waals surface area contributed by atoms with Crippen molar-refractivity contribution in [3.05, 3.63) is 48.4 Å². The van der Waals surface area contributed by atoms with Crippen molar-refractivity contribution in [3.63, 3.8) is 0 Å². The van der Waals surface area contributed by atoms with Gasteiger partial charge in [0.05, 0.1) is 34.8 Å². The van der Waals surface area contributed by atoms with Crippen LogP contribution in [0.2, 0.25) is 0 Å². The Bertz CT molecular complexity index is 1030. The Kier molecular flexibility index (Phi) is 6.99. The molecule has 2 atom stereocenters. The van der Waals surface area contributed by atoms with E-state index < -0.39 is 10.8 Å². The van der Waals surface area contributed by atoms with Gasteiger partial charge in [-0.25, -0.2) is 14.4 Å². The molecule has 0 saturated heterocycles. The van der Waals surface area contributed by atoms with Crippen LogP contribution in [0.15, 0.2) is 47.8 Å². The Labute approximate surface area is 179 Å². The van der Waals surface area contributed by atoms with Gasteiger partial charge in [-0.3, -0.25) is 4.21 Å². The first-order valence-electron chi connectivity index (χ1n) is 9.75. The van der Waals surface area contributed by atoms with Crippen molar-refractivity contribution in [2.24, 2.45) is 0 Å². The van der Waals surface area contributed by atoms with E-state index in [1.807, 2.05) is 37.5 Å². The largest absolute Gasteiger partial charge is 0.380 e. The molecule has 1 N–H and O–H groups in total. The van der Waals surface area contributed by atoms with Crippen molar-refractivity contribution in [2.75, 3.05) is 18.7 Å². The van der Waals surface area contributed by atoms with Crippen LogP contribution in [-0.2, 0) is 22.1 Å². The number of halogens is 1. The summed E-state index contributed by atoms with van der Waals surface area (Å²) in [6.07, 6.45) is 3.22. The second-order valence-corrected chi connectivity index (χ2v) is 8.71. The van der Waals surface area contributed by atoms with Gasteiger partial charge in [0, 0.05) is 36.7 Å². The van der Waals surface area contributed by atoms with Crippen LogP contribution >= 0.6 is 0 Å². The number of ether oxygens (including phenoxy) is 1. The molecule has 160 valence electrons. The second kappa shape index (κ2) is 9.49. The van der Waals surface area contributed by atoms with Crippen LogP contribution in [0.5, 0.6) is 0 Å². The van der Waals surface area contributed by atoms with Crippen LogP contribution < -0.4 is 5.32 Å². The Morgan fingerprint density at radius 2 is 1.87 bits per heavy atom. The molecule has 0 fully saturated rings. The molecule has 3 aromatic rings. The van der Waals surface area contributed by atoms with E-state index in [4.69, 9.17) is 9.72 Å². The fourth-order valence-electron chi connectivity index (χ4n) is 3.21. The number of hydrogen-bond acceptors (Lipinski definition) is 5. The SMILES string of the molecule is COC(C)Cn1c(S(C)=O)nc(-c2ccc(F)cc2)c1-c1ccnc(NC(C)C)c1. The third kappa shape index (κ3) is 4.94. The van der Waals surface area contributed by atoms with Crippen LogP contribution in [0.1, 0.15) is 20.8 Å². The van der Waals surface area contributed by atoms with Crippen molar-refractivity contribution in [2.45, 2.75) is 44.6 Å². The number of nitrogens with zero attached hydrogens (tertiary/aromatic N) is 3. The minimum Gasteiger partial charge on any atom is -0.380 e. The molecule has 2 unspecified atom stereocenters. The number of nitrogens with one attached hydrogen (secondary N) is 1. The zero-order valence-electron chi connectivity index (χ0n) is 17.8. The topological polar surface area (TPSA) is 69.0 Å². The maximum atomic E-state index is 13.5. The predicted molar refractivity (Wildman–Crippen MR) is 118 cm³/mol. The van der Waals surface area contributed by atoms with Crippen LogP contribution in [0, 0.1) is 5.82 Å². The predicted octanol–water partition coefficient (Wildman–Crippen LogP) is 4.34. The van der Waals surface area contributed by atoms with E-state index in [0.29, 0.717) is 17.4 Å². The average molecular weight is 431 g/mol. The number of imidazole rings is 1. The van der Waals surface area contributed by atoms with Gasteiger partial charge >= 0.3 is 0 Å². The monoisotopic (exact) mass is 430 g/mol. The Hall–Kier alpha value is -2.58. The van der Waals surface area contributed by atoms with Gasteiger partial charge < -0.3 is 14.6 Å². The Balaban J connectivity index is 2.26. The minimum atomic E-state index is -1.32. The highest BCUT2D eigenvalue weighted by molar-refractivity contribution is 7.84. The van der Waals surface area contributed by atoms with Crippen LogP contribution in [0.3, 0.4) is 0 Å². The second-order valence-electron chi connectivity index (χ2n) is 7.44. The van der Waals surface area contributed by atoms with E-state index in [1.54, 1.807) is 31.7 Å². The molecule has 30 heavy (non-hydrogen) atoms. The minimum absolute atomic E-state index is 0.114. The van der Waals surface area contributed by atoms with E-state index in [0.717, 1.165) is 22.6 Å². The van der Waals surface area contributed by atoms with Crippen LogP contribution in [-0.4, -0.2) is 44.3 Å². The number of aromatic nitrogens is 3. The highest BCUT2D eigenvalue weighted by atomic mass is 32.2. The van der Waals surface area contributed by atoms with Gasteiger partial charge in [0.15, 0.2) is 5.16 Å². The van der Waals surface area contributed by atoms with E-state index in [1.165, 1.54) is 12.1 Å². The van der Waals surface area contributed by atoms with Gasteiger partial charge in [-0.2, -0.15) is 0 Å². The zero-order valence-corrected chi connectivity index (χ0v) is 18.7. The lowest BCUT2D eigenvalue weighted by atomic mass is 10.1. The van der Waals surface area contributed by atoms with Gasteiger partial charge in [-0.05, 0) is 57.2 Å². The smallest absolute Gasteiger partial charge is 0.199 e. The molecule has 2 heterocycles. The molecule has 8 heteroatoms. The number of pyridine rings is 1. The molecule has 0 amide bonds. The molecule has 0 saturated carbocycles. The molecule has 0 aliphatic carbocycles. The summed E-state index contributed by atoms with van der Waals surface area (Å²) < 4.78 is 33.4. The summed E-state index contributed by atoms with van der Waals surface area (Å²) in [6.45, 7) is 6.51. The molecule has 6 nitrogen and oxygen atoms in total. The fourth-order valence-corrected chi connectivity index (χ4v) is 3.90. The number of hydrogen-bond donors (Lipinski definition) is 1. The zero-order chi connectivity index (χ0) is 21.8. The molecule has 3 rings (SSSR count). The van der Waals surface area contributed by atoms with Gasteiger partial charge in [-0.15, -0.1) is 0 Å². The third-order valence-corrected chi connectivity index (χ3v) is 5.45. The number of methoxy groups -OCH3 is 1. The lowest BCUT2D eigenvalue weighted by Gasteiger charge is -2.17. The summed E-state index contributed by atoms with van der Waals surface area (Å²) in [5.74, 6) is 0.415. The van der Waals surface area contributed by atoms with Crippen LogP contribution in [0.25, 0.3) is 22.5 Å². The number of anilines is 1. The molecule has 0 bridgehead atoms. The summed E-state index contributed by atoms with van der Waals surface area (Å²) in [4.78, 5) is 9.10. The van der Waals surface area contributed by atoms with Crippen molar-refractivity contribution in [3.8, 4) is 22.5 Å². The first-order valence-corrected chi connectivity index (χ1v) is 11.3. The molecule has 0 spiro atoms. The quantitative estimate of drug-likeness (QED) is 0.576. The Morgan fingerprint density at radius 3 is 2.47 bits per heavy atom. The first-order chi connectivity index (χ1) is 14.3. The molecule has 0 aliphatic heterocycles. The van der Waals surface area contributed by atoms with Gasteiger partial charge in [0.1, 0.15) is 11.6 Å². The molecular weight excluding hydrogens is 403 g/mol. The van der Waals surface area contributed by atoms with E-state index >= 15 is 0 Å². The van der Waals surface area contributed by atoms with E-state index in [2.05, 4.69) is 10.3 Å². The van der Waals surface area contributed by atoms with Crippen LogP contribution in [0.4, 0.5) is 10.2 Å². The summed E-state index contributed by atoms with van der Waals surface area (Å²) in [7, 11) is 0.317. The van der Waals surface area contributed by atoms with E-state index in [9.17, 15) is 8.60 Å². The maximum absolute atomic E-state index is 13.5. The highest BCUT2D eigenvalue weighted by Crippen LogP contribution is 2.35. The number of benzene rings is 1. The molecule has 0 radical (unpaired) electrons. The van der Waals surface area contributed by atoms with Gasteiger partial charge in [0.25, 0.3) is 0 Å². The number of rotatable bonds is 8. The first kappa shape index (κ1) is 22.1. The van der Waals surface area contributed by atoms with Gasteiger partial charge in [-0.1, -0.05) is 0 Å². The van der Waals surface area contributed by atoms with Crippen molar-refractivity contribution < 1.29 is 13.3 Å². The summed E-state index contributed by atoms with van der Waals surface area (Å²) in [5.41, 5.74) is 3.06. The van der Waals surface area contributed by atoms with Crippen molar-refractivity contribution >= 4 is 16.6 Å². The standard InChI is InChI=1S/C22H27FN4O2S/c1-14(2)25-19-12-17(10-11-24-19)21-20(16-6-8-18(23)9-7-16)26-22(30(5)28)27(21)13-15(3)29-4/h6-12,14-15H,13H2,1-5H3,(H,24,25).